The number of nitrogens with one attached hydrogen (secondary N) is 1. The fraction of sp³-hybridized carbons (Fsp3) is 0.855. The first-order chi connectivity index (χ1) is 66.2. The Morgan fingerprint density at radius 2 is 0.610 bits per heavy atom. The first-order valence-corrected chi connectivity index (χ1v) is 54.8. The zero-order valence-corrected chi connectivity index (χ0v) is 92.9. The van der Waals surface area contributed by atoms with Crippen LogP contribution in [0, 0.1) is 114 Å². The first-order valence-electron chi connectivity index (χ1n) is 53.7. The number of hydrogen-bond donors (Lipinski definition) is 5. The Kier molecular flexibility index (Phi) is 45.1. The van der Waals surface area contributed by atoms with Gasteiger partial charge in [-0.15, -0.1) is 0 Å². The molecule has 0 spiro atoms. The third kappa shape index (κ3) is 28.4. The minimum atomic E-state index is -0.996. The number of hydrogen-bond acceptors (Lipinski definition) is 25. The molecular weight excluding hydrogens is 1900 g/mol. The fourth-order valence-corrected chi connectivity index (χ4v) is 31.3. The molecule has 0 aromatic rings. The first kappa shape index (κ1) is 119. The molecule has 29 nitrogen and oxygen atoms in total. The van der Waals surface area contributed by atoms with E-state index in [1.54, 1.807) is 13.8 Å². The summed E-state index contributed by atoms with van der Waals surface area (Å²) >= 11 is 2.94. The Labute approximate surface area is 893 Å². The molecule has 796 valence electrons. The number of ether oxygens (including phenoxy) is 12. The average Bonchev–Trinajstić information content (AvgIpc) is 1.63. The van der Waals surface area contributed by atoms with Crippen LogP contribution in [-0.2, 0) is 95.2 Å². The number of alkyl halides is 1. The molecule has 141 heavy (non-hydrogen) atoms. The van der Waals surface area contributed by atoms with Crippen LogP contribution in [0.4, 0.5) is 0 Å². The number of carboxylic acid groups (broad SMARTS) is 4. The molecule has 0 aromatic heterocycles. The molecule has 16 aliphatic rings. The zero-order valence-electron chi connectivity index (χ0n) is 88.2. The maximum Gasteiger partial charge on any atom is 1.00 e. The number of carbonyl (C=O) groups is 8. The number of allylic oxidation sites excluding steroid dienone is 4. The standard InChI is InChI=1S/C29H47NO6.2C26H41NO6.C25H41NO4.C4H7BrO2.K.H2O/c1-6-34-26(32)18-30(17-25(31)33-5)16-14-22-20(2)11-12-23-28(22,3)15-13-24-29(23,4)19-35-27(36-24)21-9-7-8-10-21;2*1-17-8-9-20-25(2,19(17)11-13-27(14-22(28)29)15-23(30)31)12-10-21-26(20,3)16-32-24(33-21)18-6-4-5-7-18;1-17-9-10-20-24(2,19(17)12-14-26-15-22(27)28-4)13-11-21-25(20,3)16-29-23(30-21)18-7-5-6-8-18;1-2-7-4(6)3-5;;/h21-24,27H,2,6-19H2,1,3-5H3;2*18-21,24H,1,4-16H2,2-3H3,(H,28,29)(H,30,31);18-21,23,26H,1,5-16H2,2-4H3;2-3H2,1H3;;1H2/q;;;;;+1;/p-1/t22-,23?,24-,27-,28+,29+;2*19-,20?,21-,24-,25+,26+;19-,20?,21-,23-,24+,25+;;;/m1111.../s1. The minimum absolute atomic E-state index is 0. The summed E-state index contributed by atoms with van der Waals surface area (Å²) in [4.78, 5) is 95.6. The number of carboxylic acids is 4. The van der Waals surface area contributed by atoms with Crippen LogP contribution in [0.15, 0.2) is 48.6 Å². The number of esters is 4. The Balaban J connectivity index is 0.000000188. The molecule has 4 aliphatic heterocycles. The van der Waals surface area contributed by atoms with Crippen LogP contribution >= 0.6 is 15.9 Å². The molecule has 16 rings (SSSR count). The van der Waals surface area contributed by atoms with Gasteiger partial charge in [0.1, 0.15) is 5.33 Å². The van der Waals surface area contributed by atoms with Gasteiger partial charge < -0.3 is 88.1 Å². The number of methoxy groups -OCH3 is 2. The second-order valence-electron chi connectivity index (χ2n) is 46.7. The van der Waals surface area contributed by atoms with E-state index in [0.717, 1.165) is 149 Å². The number of rotatable bonds is 33. The molecule has 6 N–H and O–H groups in total. The summed E-state index contributed by atoms with van der Waals surface area (Å²) in [6.07, 6.45) is 41.5. The van der Waals surface area contributed by atoms with E-state index in [9.17, 15) is 58.8 Å². The summed E-state index contributed by atoms with van der Waals surface area (Å²) in [5.74, 6) is 0.430. The van der Waals surface area contributed by atoms with Gasteiger partial charge in [0.2, 0.25) is 0 Å². The Morgan fingerprint density at radius 1 is 0.362 bits per heavy atom. The smallest absolute Gasteiger partial charge is 0.870 e. The Hall–Kier alpha value is -3.68. The fourth-order valence-electron chi connectivity index (χ4n) is 31.1. The normalized spacial score (nSPS) is 37.1. The molecule has 0 amide bonds. The average molecular weight is 2080 g/mol. The van der Waals surface area contributed by atoms with Crippen LogP contribution in [0.3, 0.4) is 0 Å². The third-order valence-corrected chi connectivity index (χ3v) is 38.7. The number of halogens is 1. The van der Waals surface area contributed by atoms with Crippen molar-refractivity contribution in [3.05, 3.63) is 48.6 Å². The van der Waals surface area contributed by atoms with Gasteiger partial charge in [0, 0.05) is 45.3 Å². The van der Waals surface area contributed by atoms with Gasteiger partial charge >= 0.3 is 99.1 Å². The summed E-state index contributed by atoms with van der Waals surface area (Å²) < 4.78 is 71.6. The SMILES string of the molecule is C=C1CCC2[C@]3(C)CO[C@@H](C4CCCC4)O[C@@H]3CC[C@@]2(C)[C@@H]1CCN(CC(=O)O)CC(=O)O.C=C1CCC2[C@]3(C)CO[C@@H](C4CCCC4)O[C@@H]3CC[C@@]2(C)[C@@H]1CCN(CC(=O)O)CC(=O)O.C=C1CCC2[C@]3(C)CO[C@@H](C4CCCC4)O[C@@H]3CC[C@@]2(C)[C@@H]1CCN(CC(=O)OC)CC(=O)OCC.C=C1CCC2[C@]3(C)CO[C@@H](C4CCCC4)O[C@@H]3CC[C@@]2(C)[C@@H]1CCNCC(=O)OC.CCOC(=O)CBr.[K+].[OH-]. The molecule has 12 aliphatic carbocycles. The van der Waals surface area contributed by atoms with Crippen LogP contribution in [0.1, 0.15) is 300 Å². The predicted octanol–water partition coefficient (Wildman–Crippen LogP) is 15.3. The minimum Gasteiger partial charge on any atom is -0.870 e. The van der Waals surface area contributed by atoms with E-state index >= 15 is 0 Å². The van der Waals surface area contributed by atoms with Crippen molar-refractivity contribution in [3.63, 3.8) is 0 Å². The van der Waals surface area contributed by atoms with E-state index < -0.39 is 23.9 Å². The van der Waals surface area contributed by atoms with Crippen LogP contribution in [0.5, 0.6) is 0 Å². The van der Waals surface area contributed by atoms with E-state index in [1.165, 1.54) is 162 Å². The summed E-state index contributed by atoms with van der Waals surface area (Å²) in [6, 6.07) is 0. The topological polar surface area (TPSA) is 380 Å². The predicted molar refractivity (Wildman–Crippen MR) is 534 cm³/mol. The number of aliphatic carboxylic acids is 4. The molecule has 16 fully saturated rings. The van der Waals surface area contributed by atoms with E-state index in [4.69, 9.17) is 52.1 Å². The Bertz CT molecular complexity index is 4000. The summed E-state index contributed by atoms with van der Waals surface area (Å²) in [5, 5.41) is 40.4. The number of nitrogens with zero attached hydrogens (tertiary/aromatic N) is 3. The van der Waals surface area contributed by atoms with Gasteiger partial charge in [0.25, 0.3) is 0 Å². The van der Waals surface area contributed by atoms with Gasteiger partial charge in [0.15, 0.2) is 25.2 Å². The largest absolute Gasteiger partial charge is 1.00 e. The second-order valence-corrected chi connectivity index (χ2v) is 47.3. The molecule has 4 unspecified atom stereocenters. The molecule has 31 heteroatoms. The monoisotopic (exact) mass is 2070 g/mol. The van der Waals surface area contributed by atoms with Crippen molar-refractivity contribution in [1.29, 1.82) is 0 Å². The summed E-state index contributed by atoms with van der Waals surface area (Å²) in [5.41, 5.74) is 5.52. The zero-order chi connectivity index (χ0) is 101. The van der Waals surface area contributed by atoms with Crippen molar-refractivity contribution >= 4 is 63.7 Å². The molecule has 0 bridgehead atoms. The summed E-state index contributed by atoms with van der Waals surface area (Å²) in [6.45, 7) is 46.2. The Morgan fingerprint density at radius 3 is 0.851 bits per heavy atom. The van der Waals surface area contributed by atoms with Gasteiger partial charge in [-0.1, -0.05) is 171 Å². The van der Waals surface area contributed by atoms with Crippen LogP contribution < -0.4 is 56.7 Å². The molecule has 24 atom stereocenters. The second kappa shape index (κ2) is 53.3. The van der Waals surface area contributed by atoms with E-state index in [-0.39, 0.29) is 225 Å². The van der Waals surface area contributed by atoms with E-state index in [2.05, 4.69) is 108 Å². The van der Waals surface area contributed by atoms with Gasteiger partial charge in [-0.25, -0.2) is 0 Å². The quantitative estimate of drug-likeness (QED) is 0.0102. The maximum atomic E-state index is 12.2. The molecule has 0 aromatic carbocycles. The van der Waals surface area contributed by atoms with Gasteiger partial charge in [-0.2, -0.15) is 0 Å². The third-order valence-electron chi connectivity index (χ3n) is 38.2. The van der Waals surface area contributed by atoms with Crippen molar-refractivity contribution in [2.24, 2.45) is 114 Å². The van der Waals surface area contributed by atoms with Crippen molar-refractivity contribution in [2.75, 3.05) is 131 Å². The van der Waals surface area contributed by atoms with Gasteiger partial charge in [-0.05, 0) is 289 Å². The van der Waals surface area contributed by atoms with E-state index in [1.807, 2.05) is 4.90 Å². The van der Waals surface area contributed by atoms with E-state index in [0.29, 0.717) is 103 Å². The van der Waals surface area contributed by atoms with Crippen molar-refractivity contribution in [3.8, 4) is 0 Å². The van der Waals surface area contributed by atoms with Gasteiger partial charge in [0.05, 0.1) is 124 Å². The van der Waals surface area contributed by atoms with Gasteiger partial charge in [-0.3, -0.25) is 53.1 Å². The number of carbonyl (C=O) groups excluding carboxylic acids is 4. The van der Waals surface area contributed by atoms with Crippen molar-refractivity contribution < 1.29 is 172 Å². The van der Waals surface area contributed by atoms with Crippen molar-refractivity contribution in [2.45, 2.75) is 350 Å². The number of fused-ring (bicyclic) bond motifs is 12. The van der Waals surface area contributed by atoms with Crippen molar-refractivity contribution in [1.82, 2.24) is 20.0 Å². The molecule has 12 saturated carbocycles. The molecule has 0 radical (unpaired) electrons. The summed E-state index contributed by atoms with van der Waals surface area (Å²) in [7, 11) is 2.81. The van der Waals surface area contributed by atoms with Crippen LogP contribution in [-0.4, -0.2) is 269 Å². The molecule has 4 saturated heterocycles. The van der Waals surface area contributed by atoms with Crippen LogP contribution in [0.2, 0.25) is 0 Å². The maximum absolute atomic E-state index is 12.2. The molecular formula is C110H178BrKN4O25. The molecule has 4 heterocycles. The van der Waals surface area contributed by atoms with Crippen LogP contribution in [0.25, 0.3) is 0 Å².